The third-order valence-electron chi connectivity index (χ3n) is 3.05. The minimum absolute atomic E-state index is 0.706. The van der Waals surface area contributed by atoms with Gasteiger partial charge in [0, 0.05) is 23.8 Å². The zero-order chi connectivity index (χ0) is 13.8. The monoisotopic (exact) mass is 314 g/mol. The highest BCUT2D eigenvalue weighted by molar-refractivity contribution is 9.10. The predicted octanol–water partition coefficient (Wildman–Crippen LogP) is 4.27. The maximum absolute atomic E-state index is 8.89. The smallest absolute Gasteiger partial charge is 0.0991 e. The van der Waals surface area contributed by atoms with Gasteiger partial charge in [-0.1, -0.05) is 28.1 Å². The maximum Gasteiger partial charge on any atom is 0.0991 e. The average molecular weight is 315 g/mol. The van der Waals surface area contributed by atoms with Crippen molar-refractivity contribution in [2.24, 2.45) is 0 Å². The van der Waals surface area contributed by atoms with Crippen LogP contribution >= 0.6 is 15.9 Å². The van der Waals surface area contributed by atoms with Crippen molar-refractivity contribution in [3.63, 3.8) is 0 Å². The summed E-state index contributed by atoms with van der Waals surface area (Å²) in [5.74, 6) is 0. The van der Waals surface area contributed by atoms with Crippen LogP contribution < -0.4 is 4.90 Å². The van der Waals surface area contributed by atoms with Crippen LogP contribution in [0.4, 0.5) is 5.69 Å². The van der Waals surface area contributed by atoms with Gasteiger partial charge in [0.25, 0.3) is 0 Å². The molecule has 2 nitrogen and oxygen atoms in total. The molecular weight excluding hydrogens is 300 g/mol. The number of hydrogen-bond donors (Lipinski definition) is 0. The Labute approximate surface area is 122 Å². The largest absolute Gasteiger partial charge is 0.370 e. The summed E-state index contributed by atoms with van der Waals surface area (Å²) in [5.41, 5.74) is 4.23. The first-order chi connectivity index (χ1) is 9.10. The highest BCUT2D eigenvalue weighted by atomic mass is 79.9. The third kappa shape index (κ3) is 3.36. The third-order valence-corrected chi connectivity index (χ3v) is 3.54. The number of nitrogens with zero attached hydrogens (tertiary/aromatic N) is 2. The summed E-state index contributed by atoms with van der Waals surface area (Å²) in [7, 11) is 2.06. The SMILES string of the molecule is Cc1cc(C#N)ccc1N(C)Cc1cccc(Br)c1. The lowest BCUT2D eigenvalue weighted by molar-refractivity contribution is 0.916. The average Bonchev–Trinajstić information content (AvgIpc) is 2.38. The first-order valence-electron chi connectivity index (χ1n) is 6.06. The Morgan fingerprint density at radius 3 is 2.63 bits per heavy atom. The molecule has 2 aromatic carbocycles. The van der Waals surface area contributed by atoms with Gasteiger partial charge in [0.1, 0.15) is 0 Å². The second-order valence-corrected chi connectivity index (χ2v) is 5.51. The van der Waals surface area contributed by atoms with Gasteiger partial charge >= 0.3 is 0 Å². The Morgan fingerprint density at radius 2 is 2.00 bits per heavy atom. The zero-order valence-electron chi connectivity index (χ0n) is 11.0. The fraction of sp³-hybridized carbons (Fsp3) is 0.188. The summed E-state index contributed by atoms with van der Waals surface area (Å²) < 4.78 is 1.09. The fourth-order valence-corrected chi connectivity index (χ4v) is 2.59. The fourth-order valence-electron chi connectivity index (χ4n) is 2.15. The quantitative estimate of drug-likeness (QED) is 0.846. The number of rotatable bonds is 3. The van der Waals surface area contributed by atoms with Crippen LogP contribution in [0.1, 0.15) is 16.7 Å². The Morgan fingerprint density at radius 1 is 1.21 bits per heavy atom. The van der Waals surface area contributed by atoms with Crippen LogP contribution in [0, 0.1) is 18.3 Å². The molecule has 0 aliphatic carbocycles. The molecule has 19 heavy (non-hydrogen) atoms. The Bertz CT molecular complexity index is 629. The number of halogens is 1. The van der Waals surface area contributed by atoms with Crippen molar-refractivity contribution in [2.45, 2.75) is 13.5 Å². The van der Waals surface area contributed by atoms with Gasteiger partial charge < -0.3 is 4.90 Å². The van der Waals surface area contributed by atoms with Gasteiger partial charge in [0.15, 0.2) is 0 Å². The molecule has 0 fully saturated rings. The standard InChI is InChI=1S/C16H15BrN2/c1-12-8-13(10-18)6-7-16(12)19(2)11-14-4-3-5-15(17)9-14/h3-9H,11H2,1-2H3. The van der Waals surface area contributed by atoms with Crippen LogP contribution in [-0.4, -0.2) is 7.05 Å². The van der Waals surface area contributed by atoms with E-state index in [0.717, 1.165) is 22.3 Å². The van der Waals surface area contributed by atoms with Gasteiger partial charge in [-0.15, -0.1) is 0 Å². The molecule has 0 amide bonds. The minimum atomic E-state index is 0.706. The van der Waals surface area contributed by atoms with E-state index >= 15 is 0 Å². The molecule has 0 heterocycles. The molecule has 0 saturated heterocycles. The Hall–Kier alpha value is -1.79. The van der Waals surface area contributed by atoms with Crippen molar-refractivity contribution in [3.05, 3.63) is 63.6 Å². The van der Waals surface area contributed by atoms with Crippen molar-refractivity contribution in [3.8, 4) is 6.07 Å². The molecule has 0 radical (unpaired) electrons. The van der Waals surface area contributed by atoms with Gasteiger partial charge in [-0.25, -0.2) is 0 Å². The molecule has 0 saturated carbocycles. The van der Waals surface area contributed by atoms with Gasteiger partial charge in [0.05, 0.1) is 11.6 Å². The molecule has 0 N–H and O–H groups in total. The molecule has 0 atom stereocenters. The van der Waals surface area contributed by atoms with Gasteiger partial charge in [-0.2, -0.15) is 5.26 Å². The van der Waals surface area contributed by atoms with Crippen LogP contribution in [0.5, 0.6) is 0 Å². The summed E-state index contributed by atoms with van der Waals surface area (Å²) in [6, 6.07) is 16.3. The normalized spacial score (nSPS) is 10.0. The number of nitriles is 1. The van der Waals surface area contributed by atoms with Crippen molar-refractivity contribution in [2.75, 3.05) is 11.9 Å². The predicted molar refractivity (Wildman–Crippen MR) is 82.1 cm³/mol. The summed E-state index contributed by atoms with van der Waals surface area (Å²) in [6.07, 6.45) is 0. The molecule has 2 aromatic rings. The number of benzene rings is 2. The van der Waals surface area contributed by atoms with Gasteiger partial charge in [-0.3, -0.25) is 0 Å². The van der Waals surface area contributed by atoms with Crippen LogP contribution in [-0.2, 0) is 6.54 Å². The molecule has 0 unspecified atom stereocenters. The van der Waals surface area contributed by atoms with Gasteiger partial charge in [0.2, 0.25) is 0 Å². The summed E-state index contributed by atoms with van der Waals surface area (Å²) in [5, 5.41) is 8.89. The summed E-state index contributed by atoms with van der Waals surface area (Å²) in [4.78, 5) is 2.19. The molecule has 0 aliphatic heterocycles. The lowest BCUT2D eigenvalue weighted by atomic mass is 10.1. The lowest BCUT2D eigenvalue weighted by Crippen LogP contribution is -2.17. The Kier molecular flexibility index (Phi) is 4.24. The first-order valence-corrected chi connectivity index (χ1v) is 6.86. The zero-order valence-corrected chi connectivity index (χ0v) is 12.6. The van der Waals surface area contributed by atoms with E-state index in [1.54, 1.807) is 0 Å². The van der Waals surface area contributed by atoms with Crippen molar-refractivity contribution in [1.29, 1.82) is 5.26 Å². The molecule has 0 spiro atoms. The van der Waals surface area contributed by atoms with Crippen molar-refractivity contribution in [1.82, 2.24) is 0 Å². The Balaban J connectivity index is 2.21. The topological polar surface area (TPSA) is 27.0 Å². The van der Waals surface area contributed by atoms with Crippen LogP contribution in [0.15, 0.2) is 46.9 Å². The first kappa shape index (κ1) is 13.6. The van der Waals surface area contributed by atoms with Crippen LogP contribution in [0.25, 0.3) is 0 Å². The number of aryl methyl sites for hydroxylation is 1. The van der Waals surface area contributed by atoms with E-state index in [4.69, 9.17) is 5.26 Å². The van der Waals surface area contributed by atoms with E-state index in [0.29, 0.717) is 5.56 Å². The maximum atomic E-state index is 8.89. The molecule has 0 aromatic heterocycles. The number of anilines is 1. The van der Waals surface area contributed by atoms with Crippen molar-refractivity contribution < 1.29 is 0 Å². The minimum Gasteiger partial charge on any atom is -0.370 e. The molecular formula is C16H15BrN2. The van der Waals surface area contributed by atoms with E-state index in [-0.39, 0.29) is 0 Å². The molecule has 3 heteroatoms. The van der Waals surface area contributed by atoms with Crippen LogP contribution in [0.2, 0.25) is 0 Å². The highest BCUT2D eigenvalue weighted by Gasteiger charge is 2.06. The van der Waals surface area contributed by atoms with E-state index in [1.165, 1.54) is 5.56 Å². The van der Waals surface area contributed by atoms with E-state index < -0.39 is 0 Å². The highest BCUT2D eigenvalue weighted by Crippen LogP contribution is 2.22. The van der Waals surface area contributed by atoms with Crippen LogP contribution in [0.3, 0.4) is 0 Å². The summed E-state index contributed by atoms with van der Waals surface area (Å²) in [6.45, 7) is 2.87. The van der Waals surface area contributed by atoms with E-state index in [1.807, 2.05) is 37.3 Å². The molecule has 2 rings (SSSR count). The second kappa shape index (κ2) is 5.90. The molecule has 0 aliphatic rings. The van der Waals surface area contributed by atoms with Crippen molar-refractivity contribution >= 4 is 21.6 Å². The van der Waals surface area contributed by atoms with E-state index in [9.17, 15) is 0 Å². The summed E-state index contributed by atoms with van der Waals surface area (Å²) >= 11 is 3.49. The lowest BCUT2D eigenvalue weighted by Gasteiger charge is -2.21. The van der Waals surface area contributed by atoms with Gasteiger partial charge in [-0.05, 0) is 48.4 Å². The van der Waals surface area contributed by atoms with E-state index in [2.05, 4.69) is 46.1 Å². The second-order valence-electron chi connectivity index (χ2n) is 4.60. The molecule has 96 valence electrons. The molecule has 0 bridgehead atoms. The number of hydrogen-bond acceptors (Lipinski definition) is 2.